The van der Waals surface area contributed by atoms with Crippen LogP contribution in [0.4, 0.5) is 0 Å². The maximum absolute atomic E-state index is 12.9. The lowest BCUT2D eigenvalue weighted by molar-refractivity contribution is 0.0697. The highest BCUT2D eigenvalue weighted by Gasteiger charge is 2.21. The first kappa shape index (κ1) is 14.4. The third-order valence-corrected chi connectivity index (χ3v) is 5.96. The van der Waals surface area contributed by atoms with Crippen LogP contribution in [0.1, 0.15) is 21.5 Å². The molecule has 0 fully saturated rings. The standard InChI is InChI=1S/C21H12O3S/c22-20-15-3-1-2-4-18(15)25-19-9-13-8-12-7-11(21(23)24)5-6-14(12)16(13)10-17(19)20/h1-7,9-10H,8H2,(H,23,24). The lowest BCUT2D eigenvalue weighted by Crippen LogP contribution is -2.01. The van der Waals surface area contributed by atoms with Crippen LogP contribution < -0.4 is 5.43 Å². The summed E-state index contributed by atoms with van der Waals surface area (Å²) >= 11 is 1.62. The van der Waals surface area contributed by atoms with Crippen molar-refractivity contribution in [1.82, 2.24) is 0 Å². The van der Waals surface area contributed by atoms with Crippen molar-refractivity contribution in [3.8, 4) is 11.1 Å². The van der Waals surface area contributed by atoms with E-state index in [-0.39, 0.29) is 5.43 Å². The first-order chi connectivity index (χ1) is 12.1. The van der Waals surface area contributed by atoms with Crippen LogP contribution in [-0.4, -0.2) is 11.1 Å². The van der Waals surface area contributed by atoms with Gasteiger partial charge in [-0.3, -0.25) is 4.79 Å². The first-order valence-electron chi connectivity index (χ1n) is 7.97. The van der Waals surface area contributed by atoms with Crippen molar-refractivity contribution in [2.75, 3.05) is 0 Å². The molecule has 25 heavy (non-hydrogen) atoms. The average molecular weight is 344 g/mol. The van der Waals surface area contributed by atoms with Crippen LogP contribution in [0, 0.1) is 0 Å². The van der Waals surface area contributed by atoms with Gasteiger partial charge < -0.3 is 5.11 Å². The molecule has 5 rings (SSSR count). The summed E-state index contributed by atoms with van der Waals surface area (Å²) in [7, 11) is 0. The van der Waals surface area contributed by atoms with E-state index in [0.29, 0.717) is 12.0 Å². The first-order valence-corrected chi connectivity index (χ1v) is 8.78. The van der Waals surface area contributed by atoms with Crippen LogP contribution in [0.25, 0.3) is 31.3 Å². The molecule has 3 aromatic carbocycles. The van der Waals surface area contributed by atoms with Gasteiger partial charge in [0.25, 0.3) is 0 Å². The van der Waals surface area contributed by atoms with Gasteiger partial charge in [0.2, 0.25) is 0 Å². The van der Waals surface area contributed by atoms with Crippen molar-refractivity contribution in [3.63, 3.8) is 0 Å². The third-order valence-electron chi connectivity index (χ3n) is 4.82. The molecule has 0 radical (unpaired) electrons. The molecule has 0 unspecified atom stereocenters. The summed E-state index contributed by atoms with van der Waals surface area (Å²) in [5.41, 5.74) is 4.58. The quantitative estimate of drug-likeness (QED) is 0.449. The Balaban J connectivity index is 1.81. The van der Waals surface area contributed by atoms with Gasteiger partial charge in [-0.15, -0.1) is 11.3 Å². The predicted molar refractivity (Wildman–Crippen MR) is 101 cm³/mol. The fourth-order valence-corrected chi connectivity index (χ4v) is 4.75. The molecule has 4 heteroatoms. The summed E-state index contributed by atoms with van der Waals surface area (Å²) in [5.74, 6) is -0.917. The minimum Gasteiger partial charge on any atom is -0.478 e. The number of hydrogen-bond acceptors (Lipinski definition) is 3. The van der Waals surface area contributed by atoms with Crippen molar-refractivity contribution in [2.24, 2.45) is 0 Å². The minimum atomic E-state index is -0.917. The van der Waals surface area contributed by atoms with Gasteiger partial charge in [-0.25, -0.2) is 4.79 Å². The number of carbonyl (C=O) groups is 1. The van der Waals surface area contributed by atoms with Gasteiger partial charge in [0, 0.05) is 20.2 Å². The number of aromatic carboxylic acids is 1. The monoisotopic (exact) mass is 344 g/mol. The number of carboxylic acid groups (broad SMARTS) is 1. The lowest BCUT2D eigenvalue weighted by atomic mass is 10.0. The molecule has 1 aliphatic rings. The SMILES string of the molecule is O=C(O)c1ccc2c(c1)Cc1cc3sc4ccccc4c(=O)c3cc1-2. The van der Waals surface area contributed by atoms with Gasteiger partial charge in [-0.05, 0) is 65.1 Å². The number of carboxylic acids is 1. The van der Waals surface area contributed by atoms with Crippen LogP contribution in [0.5, 0.6) is 0 Å². The van der Waals surface area contributed by atoms with Crippen molar-refractivity contribution < 1.29 is 9.90 Å². The van der Waals surface area contributed by atoms with Crippen molar-refractivity contribution >= 4 is 37.5 Å². The molecule has 4 aromatic rings. The second-order valence-electron chi connectivity index (χ2n) is 6.29. The normalized spacial score (nSPS) is 12.3. The zero-order valence-corrected chi connectivity index (χ0v) is 13.9. The molecule has 0 amide bonds. The fraction of sp³-hybridized carbons (Fsp3) is 0.0476. The summed E-state index contributed by atoms with van der Waals surface area (Å²) < 4.78 is 1.97. The predicted octanol–water partition coefficient (Wildman–Crippen LogP) is 4.68. The summed E-state index contributed by atoms with van der Waals surface area (Å²) in [6, 6.07) is 17.0. The van der Waals surface area contributed by atoms with E-state index in [1.165, 1.54) is 0 Å². The molecule has 1 aromatic heterocycles. The Bertz CT molecular complexity index is 1270. The highest BCUT2D eigenvalue weighted by molar-refractivity contribution is 7.24. The second-order valence-corrected chi connectivity index (χ2v) is 7.37. The van der Waals surface area contributed by atoms with Gasteiger partial charge in [0.15, 0.2) is 5.43 Å². The highest BCUT2D eigenvalue weighted by Crippen LogP contribution is 2.40. The van der Waals surface area contributed by atoms with E-state index >= 15 is 0 Å². The van der Waals surface area contributed by atoms with Crippen LogP contribution in [0.3, 0.4) is 0 Å². The summed E-state index contributed by atoms with van der Waals surface area (Å²) in [4.78, 5) is 24.1. The maximum Gasteiger partial charge on any atom is 0.335 e. The van der Waals surface area contributed by atoms with Gasteiger partial charge in [-0.1, -0.05) is 18.2 Å². The molecule has 120 valence electrons. The Hall–Kier alpha value is -2.98. The summed E-state index contributed by atoms with van der Waals surface area (Å²) in [6.07, 6.45) is 0.704. The van der Waals surface area contributed by atoms with Crippen molar-refractivity contribution in [1.29, 1.82) is 0 Å². The Morgan fingerprint density at radius 2 is 1.68 bits per heavy atom. The zero-order valence-electron chi connectivity index (χ0n) is 13.1. The van der Waals surface area contributed by atoms with E-state index in [0.717, 1.165) is 42.4 Å². The molecule has 3 nitrogen and oxygen atoms in total. The van der Waals surface area contributed by atoms with Gasteiger partial charge in [0.1, 0.15) is 0 Å². The molecule has 1 heterocycles. The van der Waals surface area contributed by atoms with Gasteiger partial charge in [-0.2, -0.15) is 0 Å². The van der Waals surface area contributed by atoms with Gasteiger partial charge in [0.05, 0.1) is 5.56 Å². The number of benzene rings is 3. The smallest absolute Gasteiger partial charge is 0.335 e. The largest absolute Gasteiger partial charge is 0.478 e. The topological polar surface area (TPSA) is 54.4 Å². The van der Waals surface area contributed by atoms with Crippen molar-refractivity contribution in [3.05, 3.63) is 81.5 Å². The molecule has 1 aliphatic carbocycles. The van der Waals surface area contributed by atoms with Crippen LogP contribution >= 0.6 is 11.3 Å². The van der Waals surface area contributed by atoms with Crippen LogP contribution in [0.15, 0.2) is 59.4 Å². The zero-order chi connectivity index (χ0) is 17.1. The molecular weight excluding hydrogens is 332 g/mol. The molecule has 0 spiro atoms. The van der Waals surface area contributed by atoms with E-state index in [4.69, 9.17) is 0 Å². The van der Waals surface area contributed by atoms with E-state index in [9.17, 15) is 14.7 Å². The minimum absolute atomic E-state index is 0.0581. The Kier molecular flexibility index (Phi) is 2.88. The van der Waals surface area contributed by atoms with E-state index in [1.807, 2.05) is 36.4 Å². The number of rotatable bonds is 1. The molecule has 0 atom stereocenters. The number of fused-ring (bicyclic) bond motifs is 5. The van der Waals surface area contributed by atoms with E-state index in [2.05, 4.69) is 6.07 Å². The van der Waals surface area contributed by atoms with E-state index in [1.54, 1.807) is 23.5 Å². The van der Waals surface area contributed by atoms with Crippen molar-refractivity contribution in [2.45, 2.75) is 6.42 Å². The van der Waals surface area contributed by atoms with Crippen LogP contribution in [-0.2, 0) is 6.42 Å². The number of hydrogen-bond donors (Lipinski definition) is 1. The molecule has 0 saturated heterocycles. The highest BCUT2D eigenvalue weighted by atomic mass is 32.1. The maximum atomic E-state index is 12.9. The Morgan fingerprint density at radius 3 is 2.52 bits per heavy atom. The second kappa shape index (κ2) is 5.01. The van der Waals surface area contributed by atoms with Crippen LogP contribution in [0.2, 0.25) is 0 Å². The molecular formula is C21H12O3S. The molecule has 0 aliphatic heterocycles. The molecule has 1 N–H and O–H groups in total. The van der Waals surface area contributed by atoms with Gasteiger partial charge >= 0.3 is 5.97 Å². The average Bonchev–Trinajstić information content (AvgIpc) is 2.97. The third kappa shape index (κ3) is 2.04. The fourth-order valence-electron chi connectivity index (χ4n) is 3.63. The summed E-state index contributed by atoms with van der Waals surface area (Å²) in [6.45, 7) is 0. The molecule has 0 bridgehead atoms. The Morgan fingerprint density at radius 1 is 0.880 bits per heavy atom. The lowest BCUT2D eigenvalue weighted by Gasteiger charge is -2.05. The van der Waals surface area contributed by atoms with E-state index < -0.39 is 5.97 Å². The Labute approximate surface area is 146 Å². The molecule has 0 saturated carbocycles. The summed E-state index contributed by atoms with van der Waals surface area (Å²) in [5, 5.41) is 10.7.